The maximum Gasteiger partial charge on any atom is 0.310 e. The van der Waals surface area contributed by atoms with Gasteiger partial charge in [0.15, 0.2) is 0 Å². The fraction of sp³-hybridized carbons (Fsp3) is 0.286. The number of benzene rings is 1. The summed E-state index contributed by atoms with van der Waals surface area (Å²) in [5.74, 6) is -0.172. The van der Waals surface area contributed by atoms with Gasteiger partial charge in [-0.25, -0.2) is 0 Å². The molecule has 0 amide bonds. The number of thiophene rings is 2. The van der Waals surface area contributed by atoms with E-state index in [1.807, 2.05) is 41.7 Å². The Morgan fingerprint density at radius 2 is 1.56 bits per heavy atom. The zero-order valence-corrected chi connectivity index (χ0v) is 16.4. The second-order valence-electron chi connectivity index (χ2n) is 6.10. The number of esters is 1. The van der Waals surface area contributed by atoms with Gasteiger partial charge in [0.1, 0.15) is 6.61 Å². The van der Waals surface area contributed by atoms with E-state index >= 15 is 0 Å². The molecule has 0 fully saturated rings. The van der Waals surface area contributed by atoms with Crippen LogP contribution in [0.4, 0.5) is 0 Å². The van der Waals surface area contributed by atoms with Gasteiger partial charge in [0.05, 0.1) is 6.42 Å². The molecule has 2 aromatic heterocycles. The summed E-state index contributed by atoms with van der Waals surface area (Å²) in [6.45, 7) is 6.75. The van der Waals surface area contributed by atoms with Crippen LogP contribution in [0, 0.1) is 13.8 Å². The quantitative estimate of drug-likeness (QED) is 0.502. The maximum atomic E-state index is 12.3. The molecule has 1 aromatic carbocycles. The zero-order chi connectivity index (χ0) is 17.8. The van der Waals surface area contributed by atoms with Crippen molar-refractivity contribution >= 4 is 28.6 Å². The zero-order valence-electron chi connectivity index (χ0n) is 14.8. The first-order valence-corrected chi connectivity index (χ1v) is 10.1. The lowest BCUT2D eigenvalue weighted by molar-refractivity contribution is -0.144. The highest BCUT2D eigenvalue weighted by Crippen LogP contribution is 2.40. The number of rotatable bonds is 6. The van der Waals surface area contributed by atoms with Crippen LogP contribution < -0.4 is 0 Å². The average Bonchev–Trinajstić information content (AvgIpc) is 3.15. The van der Waals surface area contributed by atoms with E-state index in [1.54, 1.807) is 11.3 Å². The smallest absolute Gasteiger partial charge is 0.310 e. The van der Waals surface area contributed by atoms with E-state index in [9.17, 15) is 4.79 Å². The Kier molecular flexibility index (Phi) is 5.71. The predicted molar refractivity (Wildman–Crippen MR) is 106 cm³/mol. The highest BCUT2D eigenvalue weighted by Gasteiger charge is 2.18. The summed E-state index contributed by atoms with van der Waals surface area (Å²) in [4.78, 5) is 17.4. The number of aryl methyl sites for hydroxylation is 3. The molecule has 130 valence electrons. The number of carbonyl (C=O) groups excluding carboxylic acids is 1. The van der Waals surface area contributed by atoms with Gasteiger partial charge in [-0.05, 0) is 49.1 Å². The Bertz CT molecular complexity index is 859. The molecule has 3 rings (SSSR count). The number of ether oxygens (including phenoxy) is 1. The molecule has 0 aliphatic heterocycles. The fourth-order valence-corrected chi connectivity index (χ4v) is 5.20. The van der Waals surface area contributed by atoms with Crippen LogP contribution in [0.15, 0.2) is 42.5 Å². The monoisotopic (exact) mass is 370 g/mol. The van der Waals surface area contributed by atoms with Gasteiger partial charge in [0.2, 0.25) is 0 Å². The molecule has 2 heterocycles. The third-order valence-corrected chi connectivity index (χ3v) is 6.38. The largest absolute Gasteiger partial charge is 0.461 e. The molecule has 25 heavy (non-hydrogen) atoms. The summed E-state index contributed by atoms with van der Waals surface area (Å²) >= 11 is 3.58. The van der Waals surface area contributed by atoms with Crippen LogP contribution in [0.3, 0.4) is 0 Å². The summed E-state index contributed by atoms with van der Waals surface area (Å²) in [6, 6.07) is 14.2. The van der Waals surface area contributed by atoms with E-state index in [1.165, 1.54) is 25.1 Å². The van der Waals surface area contributed by atoms with Crippen LogP contribution in [-0.2, 0) is 29.0 Å². The lowest BCUT2D eigenvalue weighted by Gasteiger charge is -2.06. The molecule has 3 aromatic rings. The van der Waals surface area contributed by atoms with Crippen LogP contribution in [0.25, 0.3) is 9.75 Å². The first-order valence-electron chi connectivity index (χ1n) is 8.45. The van der Waals surface area contributed by atoms with Gasteiger partial charge < -0.3 is 4.74 Å². The van der Waals surface area contributed by atoms with Crippen molar-refractivity contribution in [3.05, 3.63) is 68.9 Å². The minimum atomic E-state index is -0.172. The van der Waals surface area contributed by atoms with E-state index in [0.29, 0.717) is 13.0 Å². The van der Waals surface area contributed by atoms with Crippen molar-refractivity contribution in [2.24, 2.45) is 0 Å². The predicted octanol–water partition coefficient (Wildman–Crippen LogP) is 5.94. The molecule has 4 heteroatoms. The van der Waals surface area contributed by atoms with Crippen LogP contribution in [0.2, 0.25) is 0 Å². The summed E-state index contributed by atoms with van der Waals surface area (Å²) in [5, 5.41) is 0. The number of hydrogen-bond acceptors (Lipinski definition) is 4. The molecule has 0 saturated heterocycles. The molecule has 0 N–H and O–H groups in total. The molecule has 0 aliphatic carbocycles. The van der Waals surface area contributed by atoms with Crippen molar-refractivity contribution in [2.45, 2.75) is 40.2 Å². The highest BCUT2D eigenvalue weighted by atomic mass is 32.1. The van der Waals surface area contributed by atoms with Crippen molar-refractivity contribution in [2.75, 3.05) is 0 Å². The lowest BCUT2D eigenvalue weighted by Crippen LogP contribution is -2.08. The van der Waals surface area contributed by atoms with E-state index in [2.05, 4.69) is 32.9 Å². The lowest BCUT2D eigenvalue weighted by atomic mass is 10.1. The maximum absolute atomic E-state index is 12.3. The Hall–Kier alpha value is -1.91. The highest BCUT2D eigenvalue weighted by molar-refractivity contribution is 7.22. The third-order valence-electron chi connectivity index (χ3n) is 4.03. The molecule has 0 saturated carbocycles. The average molecular weight is 371 g/mol. The second kappa shape index (κ2) is 7.98. The SMILES string of the molecule is CCc1cc(C)sc1-c1sc(C)cc1CC(=O)OCc1ccccc1. The van der Waals surface area contributed by atoms with Gasteiger partial charge in [-0.2, -0.15) is 0 Å². The van der Waals surface area contributed by atoms with Crippen molar-refractivity contribution in [3.8, 4) is 9.75 Å². The van der Waals surface area contributed by atoms with Crippen molar-refractivity contribution in [3.63, 3.8) is 0 Å². The van der Waals surface area contributed by atoms with Gasteiger partial charge in [-0.15, -0.1) is 22.7 Å². The Labute approximate surface area is 157 Å². The van der Waals surface area contributed by atoms with Gasteiger partial charge in [0.25, 0.3) is 0 Å². The Morgan fingerprint density at radius 3 is 2.20 bits per heavy atom. The first kappa shape index (κ1) is 17.9. The number of carbonyl (C=O) groups is 1. The second-order valence-corrected chi connectivity index (χ2v) is 8.61. The molecular formula is C21H22O2S2. The van der Waals surface area contributed by atoms with E-state index in [0.717, 1.165) is 17.5 Å². The van der Waals surface area contributed by atoms with Crippen molar-refractivity contribution < 1.29 is 9.53 Å². The van der Waals surface area contributed by atoms with Gasteiger partial charge in [0, 0.05) is 19.5 Å². The summed E-state index contributed by atoms with van der Waals surface area (Å²) < 4.78 is 5.46. The van der Waals surface area contributed by atoms with Gasteiger partial charge >= 0.3 is 5.97 Å². The topological polar surface area (TPSA) is 26.3 Å². The molecular weight excluding hydrogens is 348 g/mol. The van der Waals surface area contributed by atoms with Gasteiger partial charge in [-0.3, -0.25) is 4.79 Å². The van der Waals surface area contributed by atoms with E-state index in [-0.39, 0.29) is 5.97 Å². The minimum absolute atomic E-state index is 0.172. The standard InChI is InChI=1S/C21H22O2S2/c1-4-17-10-14(2)24-20(17)21-18(11-15(3)25-21)12-19(22)23-13-16-8-6-5-7-9-16/h5-11H,4,12-13H2,1-3H3. The van der Waals surface area contributed by atoms with Crippen LogP contribution in [0.1, 0.15) is 33.4 Å². The Balaban J connectivity index is 1.75. The molecule has 0 radical (unpaired) electrons. The van der Waals surface area contributed by atoms with Crippen molar-refractivity contribution in [1.29, 1.82) is 0 Å². The summed E-state index contributed by atoms with van der Waals surface area (Å²) in [7, 11) is 0. The van der Waals surface area contributed by atoms with Crippen LogP contribution >= 0.6 is 22.7 Å². The molecule has 0 aliphatic rings. The van der Waals surface area contributed by atoms with E-state index < -0.39 is 0 Å². The molecule has 2 nitrogen and oxygen atoms in total. The molecule has 0 bridgehead atoms. The minimum Gasteiger partial charge on any atom is -0.461 e. The molecule has 0 spiro atoms. The molecule has 0 atom stereocenters. The summed E-state index contributed by atoms with van der Waals surface area (Å²) in [6.07, 6.45) is 1.33. The van der Waals surface area contributed by atoms with Gasteiger partial charge in [-0.1, -0.05) is 37.3 Å². The molecule has 0 unspecified atom stereocenters. The summed E-state index contributed by atoms with van der Waals surface area (Å²) in [5.41, 5.74) is 3.46. The normalized spacial score (nSPS) is 10.8. The first-order chi connectivity index (χ1) is 12.1. The van der Waals surface area contributed by atoms with Crippen molar-refractivity contribution in [1.82, 2.24) is 0 Å². The van der Waals surface area contributed by atoms with Crippen LogP contribution in [-0.4, -0.2) is 5.97 Å². The fourth-order valence-electron chi connectivity index (χ4n) is 2.86. The van der Waals surface area contributed by atoms with Crippen LogP contribution in [0.5, 0.6) is 0 Å². The number of hydrogen-bond donors (Lipinski definition) is 0. The van der Waals surface area contributed by atoms with E-state index in [4.69, 9.17) is 4.74 Å². The Morgan fingerprint density at radius 1 is 0.960 bits per heavy atom. The third kappa shape index (κ3) is 4.39.